The van der Waals surface area contributed by atoms with Crippen LogP contribution in [0.4, 0.5) is 0 Å². The Labute approximate surface area is 210 Å². The molecule has 0 radical (unpaired) electrons. The van der Waals surface area contributed by atoms with Crippen molar-refractivity contribution in [3.63, 3.8) is 0 Å². The molecule has 3 unspecified atom stereocenters. The summed E-state index contributed by atoms with van der Waals surface area (Å²) in [6.45, 7) is 5.53. The van der Waals surface area contributed by atoms with E-state index in [1.54, 1.807) is 4.90 Å². The van der Waals surface area contributed by atoms with E-state index in [-0.39, 0.29) is 42.7 Å². The van der Waals surface area contributed by atoms with E-state index >= 15 is 0 Å². The molecule has 0 N–H and O–H groups in total. The smallest absolute Gasteiger partial charge is 0.293 e. The van der Waals surface area contributed by atoms with Gasteiger partial charge in [-0.1, -0.05) is 13.8 Å². The van der Waals surface area contributed by atoms with Crippen LogP contribution in [0.1, 0.15) is 43.5 Å². The number of nitrogens with zero attached hydrogens (tertiary/aromatic N) is 4. The summed E-state index contributed by atoms with van der Waals surface area (Å²) in [6, 6.07) is 1.06. The maximum Gasteiger partial charge on any atom is 0.293 e. The molecule has 11 nitrogen and oxygen atoms in total. The van der Waals surface area contributed by atoms with Gasteiger partial charge in [0.25, 0.3) is 15.1 Å². The highest BCUT2D eigenvalue weighted by molar-refractivity contribution is 8.04. The van der Waals surface area contributed by atoms with Crippen molar-refractivity contribution >= 4 is 32.7 Å². The molecule has 2 amide bonds. The summed E-state index contributed by atoms with van der Waals surface area (Å²) in [5.41, 5.74) is -0.0852. The number of amides is 2. The Balaban J connectivity index is 1.51. The first-order valence-corrected chi connectivity index (χ1v) is 13.7. The topological polar surface area (TPSA) is 134 Å². The Bertz CT molecular complexity index is 1120. The van der Waals surface area contributed by atoms with Crippen LogP contribution in [0.2, 0.25) is 0 Å². The van der Waals surface area contributed by atoms with Gasteiger partial charge >= 0.3 is 0 Å². The van der Waals surface area contributed by atoms with E-state index in [0.29, 0.717) is 32.7 Å². The fourth-order valence-corrected chi connectivity index (χ4v) is 6.81. The first-order chi connectivity index (χ1) is 17.1. The molecule has 4 rings (SSSR count). The second-order valence-corrected chi connectivity index (χ2v) is 11.7. The van der Waals surface area contributed by atoms with Gasteiger partial charge < -0.3 is 14.5 Å². The van der Waals surface area contributed by atoms with Gasteiger partial charge in [-0.25, -0.2) is 8.42 Å². The molecule has 12 heteroatoms. The summed E-state index contributed by atoms with van der Waals surface area (Å²) in [5.74, 6) is -1.34. The fourth-order valence-electron chi connectivity index (χ4n) is 5.31. The second kappa shape index (κ2) is 10.7. The highest BCUT2D eigenvalue weighted by Gasteiger charge is 2.55. The van der Waals surface area contributed by atoms with Crippen LogP contribution < -0.4 is 0 Å². The van der Waals surface area contributed by atoms with E-state index in [1.807, 2.05) is 13.8 Å². The summed E-state index contributed by atoms with van der Waals surface area (Å²) in [6.07, 6.45) is 3.34. The van der Waals surface area contributed by atoms with Crippen molar-refractivity contribution in [1.29, 1.82) is 0 Å². The van der Waals surface area contributed by atoms with E-state index in [1.165, 1.54) is 29.4 Å². The number of aromatic nitrogens is 1. The van der Waals surface area contributed by atoms with Crippen molar-refractivity contribution in [3.8, 4) is 0 Å². The van der Waals surface area contributed by atoms with Crippen LogP contribution >= 0.6 is 0 Å². The first kappa shape index (κ1) is 26.4. The number of hydrogen-bond donors (Lipinski definition) is 0. The standard InChI is InChI=1S/C24H32N4O7S/c1-16(2)12-18(13-21(30)26-8-10-35-11-9-26)23(31)27-7-5-19-22(27)20(29)15-28(19)36(33,34)24(32)17-4-3-6-25-14-17/h3-4,6,14,16,18-19,22H,5,7-13,15H2,1-2H3. The Morgan fingerprint density at radius 1 is 1.17 bits per heavy atom. The van der Waals surface area contributed by atoms with Crippen molar-refractivity contribution in [2.45, 2.75) is 45.2 Å². The summed E-state index contributed by atoms with van der Waals surface area (Å²) < 4.78 is 32.5. The summed E-state index contributed by atoms with van der Waals surface area (Å²) >= 11 is 0. The fraction of sp³-hybridized carbons (Fsp3) is 0.625. The van der Waals surface area contributed by atoms with Crippen LogP contribution in [0.25, 0.3) is 0 Å². The number of morpholine rings is 1. The number of rotatable bonds is 7. The largest absolute Gasteiger partial charge is 0.378 e. The number of hydrogen-bond acceptors (Lipinski definition) is 8. The molecule has 0 aromatic carbocycles. The van der Waals surface area contributed by atoms with Gasteiger partial charge in [-0.05, 0) is 30.9 Å². The lowest BCUT2D eigenvalue weighted by molar-refractivity contribution is -0.145. The van der Waals surface area contributed by atoms with Crippen molar-refractivity contribution in [2.75, 3.05) is 39.4 Å². The van der Waals surface area contributed by atoms with Crippen molar-refractivity contribution in [2.24, 2.45) is 11.8 Å². The van der Waals surface area contributed by atoms with E-state index in [0.717, 1.165) is 4.31 Å². The molecule has 0 saturated carbocycles. The van der Waals surface area contributed by atoms with Crippen molar-refractivity contribution < 1.29 is 32.3 Å². The van der Waals surface area contributed by atoms with Crippen molar-refractivity contribution in [1.82, 2.24) is 19.1 Å². The molecule has 0 bridgehead atoms. The van der Waals surface area contributed by atoms with Crippen LogP contribution in [0.15, 0.2) is 24.5 Å². The molecule has 0 aliphatic carbocycles. The van der Waals surface area contributed by atoms with E-state index in [2.05, 4.69) is 4.98 Å². The molecule has 3 atom stereocenters. The minimum absolute atomic E-state index is 0.0284. The number of sulfonamides is 1. The van der Waals surface area contributed by atoms with E-state index in [9.17, 15) is 27.6 Å². The third-order valence-electron chi connectivity index (χ3n) is 6.99. The zero-order valence-corrected chi connectivity index (χ0v) is 21.4. The zero-order chi connectivity index (χ0) is 26.0. The maximum absolute atomic E-state index is 13.6. The lowest BCUT2D eigenvalue weighted by atomic mass is 9.91. The van der Waals surface area contributed by atoms with Gasteiger partial charge in [0.05, 0.1) is 31.4 Å². The third-order valence-corrected chi connectivity index (χ3v) is 8.71. The van der Waals surface area contributed by atoms with Crippen LogP contribution in [0.5, 0.6) is 0 Å². The highest BCUT2D eigenvalue weighted by Crippen LogP contribution is 2.34. The third kappa shape index (κ3) is 5.21. The van der Waals surface area contributed by atoms with Gasteiger partial charge in [0.1, 0.15) is 6.04 Å². The molecule has 1 aromatic heterocycles. The maximum atomic E-state index is 13.6. The number of likely N-dealkylation sites (tertiary alicyclic amines) is 1. The number of ketones is 1. The van der Waals surface area contributed by atoms with Gasteiger partial charge in [-0.15, -0.1) is 0 Å². The van der Waals surface area contributed by atoms with E-state index in [4.69, 9.17) is 4.74 Å². The van der Waals surface area contributed by atoms with Crippen LogP contribution in [0.3, 0.4) is 0 Å². The van der Waals surface area contributed by atoms with Gasteiger partial charge in [0.2, 0.25) is 11.8 Å². The minimum Gasteiger partial charge on any atom is -0.378 e. The number of carbonyl (C=O) groups excluding carboxylic acids is 4. The number of ether oxygens (including phenoxy) is 1. The minimum atomic E-state index is -4.48. The average Bonchev–Trinajstić information content (AvgIpc) is 3.45. The molecular formula is C24H32N4O7S. The normalized spacial score (nSPS) is 23.7. The number of Topliss-reactive ketones (excluding diaryl/α,β-unsaturated/α-hetero) is 1. The summed E-state index contributed by atoms with van der Waals surface area (Å²) in [5, 5.41) is -1.12. The lowest BCUT2D eigenvalue weighted by Crippen LogP contribution is -2.48. The summed E-state index contributed by atoms with van der Waals surface area (Å²) in [4.78, 5) is 59.2. The Kier molecular flexibility index (Phi) is 7.86. The first-order valence-electron chi connectivity index (χ1n) is 12.3. The quantitative estimate of drug-likeness (QED) is 0.502. The van der Waals surface area contributed by atoms with Crippen LogP contribution in [0, 0.1) is 11.8 Å². The molecule has 3 saturated heterocycles. The Morgan fingerprint density at radius 2 is 1.89 bits per heavy atom. The molecule has 3 aliphatic heterocycles. The van der Waals surface area contributed by atoms with Gasteiger partial charge in [0, 0.05) is 44.4 Å². The molecule has 36 heavy (non-hydrogen) atoms. The monoisotopic (exact) mass is 520 g/mol. The Morgan fingerprint density at radius 3 is 2.53 bits per heavy atom. The summed E-state index contributed by atoms with van der Waals surface area (Å²) in [7, 11) is -4.48. The van der Waals surface area contributed by atoms with Gasteiger partial charge in [-0.3, -0.25) is 24.2 Å². The van der Waals surface area contributed by atoms with Crippen LogP contribution in [-0.4, -0.2) is 102 Å². The predicted molar refractivity (Wildman–Crippen MR) is 128 cm³/mol. The number of fused-ring (bicyclic) bond motifs is 1. The van der Waals surface area contributed by atoms with Gasteiger partial charge in [-0.2, -0.15) is 4.31 Å². The molecule has 1 aromatic rings. The number of carbonyl (C=O) groups is 4. The second-order valence-electron chi connectivity index (χ2n) is 9.90. The molecular weight excluding hydrogens is 488 g/mol. The lowest BCUT2D eigenvalue weighted by Gasteiger charge is -2.31. The van der Waals surface area contributed by atoms with Gasteiger partial charge in [0.15, 0.2) is 5.78 Å². The zero-order valence-electron chi connectivity index (χ0n) is 20.5. The van der Waals surface area contributed by atoms with Crippen LogP contribution in [-0.2, 0) is 29.1 Å². The molecule has 0 spiro atoms. The SMILES string of the molecule is CC(C)CC(CC(=O)N1CCOCC1)C(=O)N1CCC2C1C(=O)CN2S(=O)(=O)C(=O)c1cccnc1. The molecule has 3 aliphatic rings. The van der Waals surface area contributed by atoms with E-state index < -0.39 is 45.5 Å². The average molecular weight is 521 g/mol. The van der Waals surface area contributed by atoms with Crippen molar-refractivity contribution in [3.05, 3.63) is 30.1 Å². The molecule has 3 fully saturated rings. The number of pyridine rings is 1. The highest BCUT2D eigenvalue weighted by atomic mass is 32.2. The predicted octanol–water partition coefficient (Wildman–Crippen LogP) is 0.317. The Hall–Kier alpha value is -2.70. The molecule has 196 valence electrons. The molecule has 4 heterocycles.